The summed E-state index contributed by atoms with van der Waals surface area (Å²) in [6.45, 7) is 3.57. The molecule has 3 N–H and O–H groups in total. The van der Waals surface area contributed by atoms with Crippen molar-refractivity contribution in [2.45, 2.75) is 88.4 Å². The molecule has 3 saturated heterocycles. The summed E-state index contributed by atoms with van der Waals surface area (Å²) in [6.07, 6.45) is 10.4. The molecule has 15 nitrogen and oxygen atoms in total. The molecule has 3 aliphatic heterocycles. The Bertz CT molecular complexity index is 2580. The van der Waals surface area contributed by atoms with Crippen LogP contribution in [0.1, 0.15) is 70.3 Å². The molecule has 3 aromatic heterocycles. The zero-order valence-corrected chi connectivity index (χ0v) is 34.3. The Morgan fingerprint density at radius 1 is 0.803 bits per heavy atom. The Balaban J connectivity index is 0.727. The number of aryl methyl sites for hydroxylation is 1. The van der Waals surface area contributed by atoms with E-state index in [1.165, 1.54) is 21.4 Å². The fourth-order valence-corrected chi connectivity index (χ4v) is 9.76. The van der Waals surface area contributed by atoms with Crippen LogP contribution in [0.15, 0.2) is 82.6 Å². The summed E-state index contributed by atoms with van der Waals surface area (Å²) >= 11 is 0. The summed E-state index contributed by atoms with van der Waals surface area (Å²) in [6, 6.07) is 17.9. The second-order valence-electron chi connectivity index (χ2n) is 16.9. The van der Waals surface area contributed by atoms with Gasteiger partial charge in [0.15, 0.2) is 5.82 Å². The van der Waals surface area contributed by atoms with Gasteiger partial charge in [-0.3, -0.25) is 38.2 Å². The van der Waals surface area contributed by atoms with E-state index in [4.69, 9.17) is 0 Å². The van der Waals surface area contributed by atoms with Crippen molar-refractivity contribution in [2.75, 3.05) is 36.4 Å². The number of hydrogen-bond donors (Lipinski definition) is 3. The third-order valence-corrected chi connectivity index (χ3v) is 13.2. The molecule has 3 amide bonds. The van der Waals surface area contributed by atoms with Gasteiger partial charge in [-0.05, 0) is 107 Å². The Kier molecular flexibility index (Phi) is 11.3. The first kappa shape index (κ1) is 40.3. The van der Waals surface area contributed by atoms with Crippen LogP contribution in [0.4, 0.5) is 16.0 Å². The van der Waals surface area contributed by atoms with E-state index in [9.17, 15) is 28.4 Å². The van der Waals surface area contributed by atoms with E-state index in [0.717, 1.165) is 88.7 Å². The van der Waals surface area contributed by atoms with Crippen LogP contribution < -0.4 is 32.1 Å². The average Bonchev–Trinajstić information content (AvgIpc) is 3.53. The molecule has 2 aromatic carbocycles. The minimum Gasteiger partial charge on any atom is -0.371 e. The zero-order valence-electron chi connectivity index (χ0n) is 34.3. The number of anilines is 2. The third kappa shape index (κ3) is 8.32. The van der Waals surface area contributed by atoms with Crippen molar-refractivity contribution >= 4 is 40.4 Å². The van der Waals surface area contributed by atoms with Crippen molar-refractivity contribution in [3.05, 3.63) is 99.7 Å². The molecule has 4 aliphatic rings. The highest BCUT2D eigenvalue weighted by Crippen LogP contribution is 2.31. The minimum atomic E-state index is -0.705. The first-order valence-electron chi connectivity index (χ1n) is 21.5. The molecule has 0 bridgehead atoms. The van der Waals surface area contributed by atoms with Gasteiger partial charge >= 0.3 is 5.69 Å². The molecular formula is C45H51FN10O5. The number of nitrogens with one attached hydrogen (secondary N) is 3. The van der Waals surface area contributed by atoms with Gasteiger partial charge in [0, 0.05) is 79.8 Å². The van der Waals surface area contributed by atoms with Crippen molar-refractivity contribution in [1.29, 1.82) is 0 Å². The standard InChI is InChI=1S/C45H51FN10O5/c1-52-38-26-33(12-13-36(38)56(45(52)61)37-14-15-39(57)50-43(37)60)54-23-18-32(19-24-54)53-21-16-28(17-22-53)42(59)48-30-8-10-31(11-9-30)49-44-47-27-35(46)41(51-44)29-5-4-6-34(25-29)55-20-3-2-7-40(55)58/h2-7,12-13,20,25-28,30-32,37H,8-11,14-19,21-24H2,1H3,(H,48,59)(H,47,49,51)(H,50,57,60). The molecule has 1 unspecified atom stereocenters. The van der Waals surface area contributed by atoms with E-state index in [1.54, 1.807) is 54.2 Å². The van der Waals surface area contributed by atoms with Crippen molar-refractivity contribution in [2.24, 2.45) is 13.0 Å². The number of pyridine rings is 1. The van der Waals surface area contributed by atoms with Gasteiger partial charge in [-0.2, -0.15) is 0 Å². The molecule has 4 fully saturated rings. The topological polar surface area (TPSA) is 168 Å². The Morgan fingerprint density at radius 3 is 2.33 bits per heavy atom. The highest BCUT2D eigenvalue weighted by molar-refractivity contribution is 6.00. The summed E-state index contributed by atoms with van der Waals surface area (Å²) in [7, 11) is 1.72. The largest absolute Gasteiger partial charge is 0.371 e. The van der Waals surface area contributed by atoms with Crippen molar-refractivity contribution in [3.8, 4) is 16.9 Å². The van der Waals surface area contributed by atoms with Gasteiger partial charge in [0.1, 0.15) is 11.7 Å². The van der Waals surface area contributed by atoms with Crippen LogP contribution >= 0.6 is 0 Å². The van der Waals surface area contributed by atoms with E-state index >= 15 is 0 Å². The number of amides is 3. The molecule has 0 spiro atoms. The molecule has 6 heterocycles. The lowest BCUT2D eigenvalue weighted by Gasteiger charge is -2.42. The van der Waals surface area contributed by atoms with Gasteiger partial charge in [0.05, 0.1) is 17.2 Å². The highest BCUT2D eigenvalue weighted by Gasteiger charge is 2.34. The molecule has 1 atom stereocenters. The van der Waals surface area contributed by atoms with E-state index in [2.05, 4.69) is 35.7 Å². The summed E-state index contributed by atoms with van der Waals surface area (Å²) in [5.41, 5.74) is 3.36. The van der Waals surface area contributed by atoms with Crippen LogP contribution in [0.5, 0.6) is 0 Å². The number of carbonyl (C=O) groups is 3. The number of benzene rings is 2. The number of imide groups is 1. The van der Waals surface area contributed by atoms with Crippen LogP contribution in [0.3, 0.4) is 0 Å². The second kappa shape index (κ2) is 17.1. The molecule has 318 valence electrons. The number of piperidine rings is 3. The molecule has 0 radical (unpaired) electrons. The van der Waals surface area contributed by atoms with Crippen molar-refractivity contribution < 1.29 is 18.8 Å². The molecule has 1 saturated carbocycles. The lowest BCUT2D eigenvalue weighted by molar-refractivity contribution is -0.135. The SMILES string of the molecule is Cn1c(=O)n(C2CCC(=O)NC2=O)c2ccc(N3CCC(N4CCC(C(=O)NC5CCC(Nc6ncc(F)c(-c7cccc(-n8ccccc8=O)c7)n6)CC5)CC4)CC3)cc21. The molecule has 5 aromatic rings. The number of imidazole rings is 1. The van der Waals surface area contributed by atoms with Gasteiger partial charge in [-0.15, -0.1) is 0 Å². The quantitative estimate of drug-likeness (QED) is 0.183. The maximum absolute atomic E-state index is 15.0. The summed E-state index contributed by atoms with van der Waals surface area (Å²) in [5, 5.41) is 9.10. The fraction of sp³-hybridized carbons (Fsp3) is 0.444. The van der Waals surface area contributed by atoms with Crippen LogP contribution in [0.2, 0.25) is 0 Å². The smallest absolute Gasteiger partial charge is 0.329 e. The number of nitrogens with zero attached hydrogens (tertiary/aromatic N) is 7. The number of carbonyl (C=O) groups excluding carboxylic acids is 3. The predicted octanol–water partition coefficient (Wildman–Crippen LogP) is 4.29. The monoisotopic (exact) mass is 830 g/mol. The summed E-state index contributed by atoms with van der Waals surface area (Å²) in [4.78, 5) is 77.0. The summed E-state index contributed by atoms with van der Waals surface area (Å²) in [5.74, 6) is -0.796. The third-order valence-electron chi connectivity index (χ3n) is 13.2. The van der Waals surface area contributed by atoms with Gasteiger partial charge in [-0.25, -0.2) is 19.2 Å². The van der Waals surface area contributed by atoms with Gasteiger partial charge < -0.3 is 20.4 Å². The lowest BCUT2D eigenvalue weighted by atomic mass is 9.89. The lowest BCUT2D eigenvalue weighted by Crippen LogP contribution is -2.50. The Hall–Kier alpha value is -6.16. The minimum absolute atomic E-state index is 0.00287. The van der Waals surface area contributed by atoms with E-state index in [1.807, 2.05) is 18.2 Å². The molecule has 16 heteroatoms. The van der Waals surface area contributed by atoms with Crippen molar-refractivity contribution in [3.63, 3.8) is 0 Å². The second-order valence-corrected chi connectivity index (χ2v) is 16.9. The van der Waals surface area contributed by atoms with E-state index in [0.29, 0.717) is 35.2 Å². The molecule has 61 heavy (non-hydrogen) atoms. The van der Waals surface area contributed by atoms with Gasteiger partial charge in [-0.1, -0.05) is 18.2 Å². The van der Waals surface area contributed by atoms with Gasteiger partial charge in [0.25, 0.3) is 5.56 Å². The Morgan fingerprint density at radius 2 is 1.57 bits per heavy atom. The number of aromatic nitrogens is 5. The normalized spacial score (nSPS) is 22.0. The first-order chi connectivity index (χ1) is 29.6. The molecule has 1 aliphatic carbocycles. The maximum atomic E-state index is 15.0. The predicted molar refractivity (Wildman–Crippen MR) is 229 cm³/mol. The fourth-order valence-electron chi connectivity index (χ4n) is 9.76. The van der Waals surface area contributed by atoms with Gasteiger partial charge in [0.2, 0.25) is 23.7 Å². The number of likely N-dealkylation sites (tertiary alicyclic amines) is 1. The number of halogens is 1. The summed E-state index contributed by atoms with van der Waals surface area (Å²) < 4.78 is 19.6. The molecular weight excluding hydrogens is 780 g/mol. The van der Waals surface area contributed by atoms with E-state index in [-0.39, 0.29) is 53.2 Å². The molecule has 9 rings (SSSR count). The van der Waals surface area contributed by atoms with Crippen LogP contribution in [-0.2, 0) is 21.4 Å². The number of rotatable bonds is 9. The van der Waals surface area contributed by atoms with Crippen molar-refractivity contribution in [1.82, 2.24) is 39.2 Å². The number of fused-ring (bicyclic) bond motifs is 1. The van der Waals surface area contributed by atoms with Crippen LogP contribution in [0.25, 0.3) is 28.0 Å². The number of hydrogen-bond acceptors (Lipinski definition) is 10. The van der Waals surface area contributed by atoms with Crippen LogP contribution in [0, 0.1) is 11.7 Å². The maximum Gasteiger partial charge on any atom is 0.329 e. The highest BCUT2D eigenvalue weighted by atomic mass is 19.1. The zero-order chi connectivity index (χ0) is 42.2. The van der Waals surface area contributed by atoms with Crippen LogP contribution in [-0.4, -0.2) is 90.6 Å². The Labute approximate surface area is 352 Å². The first-order valence-corrected chi connectivity index (χ1v) is 21.5. The average molecular weight is 831 g/mol. The van der Waals surface area contributed by atoms with E-state index < -0.39 is 17.8 Å².